The number of aromatic nitrogens is 1. The Morgan fingerprint density at radius 1 is 1.12 bits per heavy atom. The molecule has 1 amide bonds. The van der Waals surface area contributed by atoms with Crippen LogP contribution in [0.4, 0.5) is 4.79 Å². The molecule has 2 N–H and O–H groups in total. The molecule has 0 fully saturated rings. The van der Waals surface area contributed by atoms with Crippen molar-refractivity contribution in [3.63, 3.8) is 0 Å². The molecule has 0 saturated heterocycles. The molecule has 0 aliphatic rings. The maximum absolute atomic E-state index is 12.2. The lowest BCUT2D eigenvalue weighted by Gasteiger charge is -2.08. The summed E-state index contributed by atoms with van der Waals surface area (Å²) in [6.45, 7) is 0.531. The van der Waals surface area contributed by atoms with Crippen LogP contribution in [-0.2, 0) is 17.8 Å². The number of hydrogen-bond donors (Lipinski definition) is 2. The zero-order chi connectivity index (χ0) is 18.4. The topological polar surface area (TPSA) is 80.4 Å². The second-order valence-electron chi connectivity index (χ2n) is 5.82. The number of ether oxygens (including phenoxy) is 2. The lowest BCUT2D eigenvalue weighted by atomic mass is 10.1. The fourth-order valence-electron chi connectivity index (χ4n) is 2.61. The van der Waals surface area contributed by atoms with Crippen molar-refractivity contribution in [3.8, 4) is 5.75 Å². The number of H-pyrrole nitrogens is 1. The molecule has 0 aliphatic carbocycles. The average Bonchev–Trinajstić information content (AvgIpc) is 2.67. The van der Waals surface area contributed by atoms with E-state index in [-0.39, 0.29) is 12.2 Å². The average molecular weight is 352 g/mol. The summed E-state index contributed by atoms with van der Waals surface area (Å²) >= 11 is 0. The van der Waals surface area contributed by atoms with E-state index in [9.17, 15) is 9.59 Å². The maximum atomic E-state index is 12.2. The van der Waals surface area contributed by atoms with Gasteiger partial charge in [-0.1, -0.05) is 30.3 Å². The standard InChI is InChI=1S/C20H20N2O4/c1-25-17-8-7-15-11-16(19(23)22-18(15)12-17)9-10-21-20(24)26-13-14-5-3-2-4-6-14/h2-8,11-12H,9-10,13H2,1H3,(H,21,24)(H,22,23). The number of amides is 1. The summed E-state index contributed by atoms with van der Waals surface area (Å²) in [5.74, 6) is 0.684. The summed E-state index contributed by atoms with van der Waals surface area (Å²) in [7, 11) is 1.58. The Balaban J connectivity index is 1.55. The molecule has 26 heavy (non-hydrogen) atoms. The largest absolute Gasteiger partial charge is 0.497 e. The van der Waals surface area contributed by atoms with Crippen LogP contribution in [0.25, 0.3) is 10.9 Å². The van der Waals surface area contributed by atoms with E-state index >= 15 is 0 Å². The third-order valence-corrected chi connectivity index (χ3v) is 4.01. The van der Waals surface area contributed by atoms with Gasteiger partial charge in [0.05, 0.1) is 12.6 Å². The minimum Gasteiger partial charge on any atom is -0.497 e. The molecule has 0 spiro atoms. The second kappa shape index (κ2) is 8.20. The van der Waals surface area contributed by atoms with Crippen LogP contribution in [0.3, 0.4) is 0 Å². The number of hydrogen-bond acceptors (Lipinski definition) is 4. The predicted molar refractivity (Wildman–Crippen MR) is 99.5 cm³/mol. The van der Waals surface area contributed by atoms with Gasteiger partial charge in [-0.05, 0) is 35.6 Å². The van der Waals surface area contributed by atoms with Crippen LogP contribution in [0.2, 0.25) is 0 Å². The van der Waals surface area contributed by atoms with Crippen molar-refractivity contribution < 1.29 is 14.3 Å². The van der Waals surface area contributed by atoms with Gasteiger partial charge >= 0.3 is 6.09 Å². The molecule has 1 aromatic heterocycles. The molecule has 3 rings (SSSR count). The van der Waals surface area contributed by atoms with Crippen molar-refractivity contribution >= 4 is 17.0 Å². The van der Waals surface area contributed by atoms with Gasteiger partial charge in [-0.15, -0.1) is 0 Å². The molecule has 3 aromatic rings. The summed E-state index contributed by atoms with van der Waals surface area (Å²) in [5.41, 5.74) is 2.06. The number of alkyl carbamates (subject to hydrolysis) is 1. The number of fused-ring (bicyclic) bond motifs is 1. The summed E-state index contributed by atoms with van der Waals surface area (Å²) in [6.07, 6.45) is -0.0895. The molecule has 134 valence electrons. The molecule has 6 nitrogen and oxygen atoms in total. The number of nitrogens with one attached hydrogen (secondary N) is 2. The number of pyridine rings is 1. The van der Waals surface area contributed by atoms with Crippen molar-refractivity contribution in [2.45, 2.75) is 13.0 Å². The number of carbonyl (C=O) groups is 1. The first kappa shape index (κ1) is 17.5. The fraction of sp³-hybridized carbons (Fsp3) is 0.200. The molecular weight excluding hydrogens is 332 g/mol. The Hall–Kier alpha value is -3.28. The Kier molecular flexibility index (Phi) is 5.53. The maximum Gasteiger partial charge on any atom is 0.407 e. The Labute approximate surface area is 150 Å². The Morgan fingerprint density at radius 2 is 1.92 bits per heavy atom. The summed E-state index contributed by atoms with van der Waals surface area (Å²) in [4.78, 5) is 26.8. The highest BCUT2D eigenvalue weighted by atomic mass is 16.5. The highest BCUT2D eigenvalue weighted by molar-refractivity contribution is 5.80. The predicted octanol–water partition coefficient (Wildman–Crippen LogP) is 3.01. The first-order chi connectivity index (χ1) is 12.7. The van der Waals surface area contributed by atoms with Crippen LogP contribution >= 0.6 is 0 Å². The zero-order valence-corrected chi connectivity index (χ0v) is 14.5. The first-order valence-electron chi connectivity index (χ1n) is 8.30. The van der Waals surface area contributed by atoms with E-state index < -0.39 is 6.09 Å². The third-order valence-electron chi connectivity index (χ3n) is 4.01. The molecule has 0 atom stereocenters. The lowest BCUT2D eigenvalue weighted by molar-refractivity contribution is 0.140. The molecule has 0 saturated carbocycles. The van der Waals surface area contributed by atoms with E-state index in [0.29, 0.717) is 29.8 Å². The molecule has 0 aliphatic heterocycles. The van der Waals surface area contributed by atoms with Crippen LogP contribution in [0.5, 0.6) is 5.75 Å². The van der Waals surface area contributed by atoms with Gasteiger partial charge in [0.25, 0.3) is 5.56 Å². The zero-order valence-electron chi connectivity index (χ0n) is 14.5. The summed E-state index contributed by atoms with van der Waals surface area (Å²) in [6, 6.07) is 16.8. The van der Waals surface area contributed by atoms with Gasteiger partial charge in [0.15, 0.2) is 0 Å². The number of aromatic amines is 1. The van der Waals surface area contributed by atoms with E-state index in [4.69, 9.17) is 9.47 Å². The van der Waals surface area contributed by atoms with Crippen LogP contribution in [0, 0.1) is 0 Å². The van der Waals surface area contributed by atoms with Crippen molar-refractivity contribution in [1.29, 1.82) is 0 Å². The molecule has 1 heterocycles. The molecular formula is C20H20N2O4. The quantitative estimate of drug-likeness (QED) is 0.715. The highest BCUT2D eigenvalue weighted by Gasteiger charge is 2.06. The van der Waals surface area contributed by atoms with E-state index in [1.54, 1.807) is 13.2 Å². The van der Waals surface area contributed by atoms with Gasteiger partial charge in [-0.3, -0.25) is 4.79 Å². The number of benzene rings is 2. The molecule has 2 aromatic carbocycles. The molecule has 6 heteroatoms. The minimum absolute atomic E-state index is 0.176. The first-order valence-corrected chi connectivity index (χ1v) is 8.30. The van der Waals surface area contributed by atoms with Crippen LogP contribution in [-0.4, -0.2) is 24.7 Å². The third kappa shape index (κ3) is 4.42. The molecule has 0 radical (unpaired) electrons. The van der Waals surface area contributed by atoms with Crippen molar-refractivity contribution in [1.82, 2.24) is 10.3 Å². The normalized spacial score (nSPS) is 10.5. The van der Waals surface area contributed by atoms with Gasteiger partial charge < -0.3 is 19.8 Å². The Bertz CT molecular complexity index is 951. The highest BCUT2D eigenvalue weighted by Crippen LogP contribution is 2.18. The number of rotatable bonds is 6. The van der Waals surface area contributed by atoms with E-state index in [0.717, 1.165) is 10.9 Å². The smallest absolute Gasteiger partial charge is 0.407 e. The second-order valence-corrected chi connectivity index (χ2v) is 5.82. The Morgan fingerprint density at radius 3 is 2.69 bits per heavy atom. The van der Waals surface area contributed by atoms with Crippen LogP contribution < -0.4 is 15.6 Å². The van der Waals surface area contributed by atoms with Crippen LogP contribution in [0.15, 0.2) is 59.4 Å². The SMILES string of the molecule is COc1ccc2cc(CCNC(=O)OCc3ccccc3)c(=O)[nH]c2c1. The fourth-order valence-corrected chi connectivity index (χ4v) is 2.61. The molecule has 0 unspecified atom stereocenters. The van der Waals surface area contributed by atoms with E-state index in [1.165, 1.54) is 0 Å². The van der Waals surface area contributed by atoms with Crippen molar-refractivity contribution in [3.05, 3.63) is 76.1 Å². The van der Waals surface area contributed by atoms with Gasteiger partial charge in [-0.2, -0.15) is 0 Å². The number of methoxy groups -OCH3 is 1. The van der Waals surface area contributed by atoms with Gasteiger partial charge in [-0.25, -0.2) is 4.79 Å². The van der Waals surface area contributed by atoms with Gasteiger partial charge in [0.1, 0.15) is 12.4 Å². The van der Waals surface area contributed by atoms with Gasteiger partial charge in [0, 0.05) is 18.2 Å². The number of carbonyl (C=O) groups excluding carboxylic acids is 1. The summed E-state index contributed by atoms with van der Waals surface area (Å²) in [5, 5.41) is 3.57. The van der Waals surface area contributed by atoms with Crippen molar-refractivity contribution in [2.75, 3.05) is 13.7 Å². The van der Waals surface area contributed by atoms with Crippen LogP contribution in [0.1, 0.15) is 11.1 Å². The van der Waals surface area contributed by atoms with Crippen molar-refractivity contribution in [2.24, 2.45) is 0 Å². The van der Waals surface area contributed by atoms with Gasteiger partial charge in [0.2, 0.25) is 0 Å². The monoisotopic (exact) mass is 352 g/mol. The molecule has 0 bridgehead atoms. The summed E-state index contributed by atoms with van der Waals surface area (Å²) < 4.78 is 10.3. The van der Waals surface area contributed by atoms with E-state index in [1.807, 2.05) is 48.5 Å². The van der Waals surface area contributed by atoms with E-state index in [2.05, 4.69) is 10.3 Å². The minimum atomic E-state index is -0.504. The lowest BCUT2D eigenvalue weighted by Crippen LogP contribution is -2.28.